The number of aliphatic hydroxyl groups excluding tert-OH is 1. The van der Waals surface area contributed by atoms with Gasteiger partial charge in [-0.05, 0) is 36.2 Å². The highest BCUT2D eigenvalue weighted by Gasteiger charge is 2.14. The number of nitrogens with one attached hydrogen (secondary N) is 1. The summed E-state index contributed by atoms with van der Waals surface area (Å²) in [5.74, 6) is -0.129. The molecular formula is C15H16N2O3. The molecule has 1 aromatic carbocycles. The van der Waals surface area contributed by atoms with Crippen molar-refractivity contribution in [3.63, 3.8) is 0 Å². The van der Waals surface area contributed by atoms with E-state index in [1.165, 1.54) is 0 Å². The Kier molecular flexibility index (Phi) is 4.68. The molecule has 0 fully saturated rings. The number of phenolic OH excluding ortho intramolecular Hbond substituents is 1. The van der Waals surface area contributed by atoms with Crippen molar-refractivity contribution in [2.24, 2.45) is 0 Å². The van der Waals surface area contributed by atoms with Gasteiger partial charge in [-0.1, -0.05) is 18.2 Å². The van der Waals surface area contributed by atoms with Crippen molar-refractivity contribution in [3.05, 3.63) is 59.9 Å². The number of amides is 1. The van der Waals surface area contributed by atoms with E-state index < -0.39 is 6.04 Å². The Balaban J connectivity index is 1.99. The highest BCUT2D eigenvalue weighted by Crippen LogP contribution is 2.11. The van der Waals surface area contributed by atoms with Gasteiger partial charge in [-0.3, -0.25) is 9.78 Å². The van der Waals surface area contributed by atoms with E-state index in [4.69, 9.17) is 0 Å². The molecule has 3 N–H and O–H groups in total. The van der Waals surface area contributed by atoms with Crippen molar-refractivity contribution in [3.8, 4) is 5.75 Å². The first-order chi connectivity index (χ1) is 9.69. The molecule has 2 aromatic rings. The molecule has 0 aliphatic heterocycles. The van der Waals surface area contributed by atoms with Gasteiger partial charge in [-0.15, -0.1) is 0 Å². The van der Waals surface area contributed by atoms with Gasteiger partial charge in [0, 0.05) is 6.20 Å². The SMILES string of the molecule is O=C(N[C@H](CO)Cc1ccc(O)cc1)c1ccccn1. The van der Waals surface area contributed by atoms with E-state index in [1.54, 1.807) is 48.7 Å². The fraction of sp³-hybridized carbons (Fsp3) is 0.200. The largest absolute Gasteiger partial charge is 0.508 e. The van der Waals surface area contributed by atoms with Gasteiger partial charge in [0.1, 0.15) is 11.4 Å². The quantitative estimate of drug-likeness (QED) is 0.761. The first-order valence-corrected chi connectivity index (χ1v) is 6.29. The number of phenols is 1. The van der Waals surface area contributed by atoms with Crippen molar-refractivity contribution in [2.75, 3.05) is 6.61 Å². The summed E-state index contributed by atoms with van der Waals surface area (Å²) in [6.07, 6.45) is 2.03. The number of rotatable bonds is 5. The maximum absolute atomic E-state index is 11.9. The predicted octanol–water partition coefficient (Wildman–Crippen LogP) is 1.12. The van der Waals surface area contributed by atoms with E-state index in [0.717, 1.165) is 5.56 Å². The van der Waals surface area contributed by atoms with E-state index in [0.29, 0.717) is 12.1 Å². The van der Waals surface area contributed by atoms with Crippen LogP contribution in [-0.4, -0.2) is 33.8 Å². The Hall–Kier alpha value is -2.40. The number of aliphatic hydroxyl groups is 1. The Morgan fingerprint density at radius 2 is 1.95 bits per heavy atom. The van der Waals surface area contributed by atoms with Crippen molar-refractivity contribution in [2.45, 2.75) is 12.5 Å². The summed E-state index contributed by atoms with van der Waals surface area (Å²) in [6, 6.07) is 11.3. The lowest BCUT2D eigenvalue weighted by Gasteiger charge is -2.16. The van der Waals surface area contributed by atoms with Crippen molar-refractivity contribution >= 4 is 5.91 Å². The van der Waals surface area contributed by atoms with E-state index >= 15 is 0 Å². The second-order valence-electron chi connectivity index (χ2n) is 4.44. The second kappa shape index (κ2) is 6.68. The summed E-state index contributed by atoms with van der Waals surface area (Å²) in [6.45, 7) is -0.167. The molecule has 0 radical (unpaired) electrons. The Morgan fingerprint density at radius 3 is 2.55 bits per heavy atom. The molecule has 5 heteroatoms. The number of pyridine rings is 1. The Bertz CT molecular complexity index is 555. The Labute approximate surface area is 116 Å². The number of carbonyl (C=O) groups is 1. The monoisotopic (exact) mass is 272 g/mol. The molecule has 1 aromatic heterocycles. The standard InChI is InChI=1S/C15H16N2O3/c18-10-12(9-11-4-6-13(19)7-5-11)17-15(20)14-3-1-2-8-16-14/h1-8,12,18-19H,9-10H2,(H,17,20)/t12-/m0/s1. The zero-order valence-electron chi connectivity index (χ0n) is 10.9. The number of hydrogen-bond donors (Lipinski definition) is 3. The summed E-state index contributed by atoms with van der Waals surface area (Å²) >= 11 is 0. The lowest BCUT2D eigenvalue weighted by molar-refractivity contribution is 0.0911. The third kappa shape index (κ3) is 3.80. The number of aromatic nitrogens is 1. The number of nitrogens with zero attached hydrogens (tertiary/aromatic N) is 1. The van der Waals surface area contributed by atoms with Crippen molar-refractivity contribution in [1.82, 2.24) is 10.3 Å². The van der Waals surface area contributed by atoms with E-state index in [2.05, 4.69) is 10.3 Å². The van der Waals surface area contributed by atoms with E-state index in [9.17, 15) is 15.0 Å². The summed E-state index contributed by atoms with van der Waals surface area (Å²) in [5.41, 5.74) is 1.24. The zero-order valence-corrected chi connectivity index (χ0v) is 10.9. The van der Waals surface area contributed by atoms with Gasteiger partial charge in [-0.2, -0.15) is 0 Å². The number of carbonyl (C=O) groups excluding carboxylic acids is 1. The van der Waals surface area contributed by atoms with Gasteiger partial charge < -0.3 is 15.5 Å². The molecule has 104 valence electrons. The molecule has 1 atom stereocenters. The van der Waals surface area contributed by atoms with Crippen LogP contribution < -0.4 is 5.32 Å². The molecule has 0 bridgehead atoms. The van der Waals surface area contributed by atoms with Gasteiger partial charge in [0.25, 0.3) is 5.91 Å². The van der Waals surface area contributed by atoms with Crippen molar-refractivity contribution in [1.29, 1.82) is 0 Å². The highest BCUT2D eigenvalue weighted by atomic mass is 16.3. The molecule has 5 nitrogen and oxygen atoms in total. The van der Waals surface area contributed by atoms with E-state index in [-0.39, 0.29) is 18.3 Å². The minimum atomic E-state index is -0.394. The third-order valence-corrected chi connectivity index (χ3v) is 2.87. The van der Waals surface area contributed by atoms with Crippen LogP contribution in [0.4, 0.5) is 0 Å². The van der Waals surface area contributed by atoms with Crippen LogP contribution in [-0.2, 0) is 6.42 Å². The number of aromatic hydroxyl groups is 1. The summed E-state index contributed by atoms with van der Waals surface area (Å²) in [7, 11) is 0. The zero-order chi connectivity index (χ0) is 14.4. The molecule has 0 spiro atoms. The van der Waals surface area contributed by atoms with Crippen LogP contribution in [0.5, 0.6) is 5.75 Å². The summed E-state index contributed by atoms with van der Waals surface area (Å²) < 4.78 is 0. The van der Waals surface area contributed by atoms with Gasteiger partial charge >= 0.3 is 0 Å². The average molecular weight is 272 g/mol. The van der Waals surface area contributed by atoms with E-state index in [1.807, 2.05) is 0 Å². The normalized spacial score (nSPS) is 11.8. The first-order valence-electron chi connectivity index (χ1n) is 6.29. The van der Waals surface area contributed by atoms with Crippen LogP contribution in [0.25, 0.3) is 0 Å². The topological polar surface area (TPSA) is 82.5 Å². The third-order valence-electron chi connectivity index (χ3n) is 2.87. The maximum atomic E-state index is 11.9. The van der Waals surface area contributed by atoms with Crippen molar-refractivity contribution < 1.29 is 15.0 Å². The fourth-order valence-electron chi connectivity index (χ4n) is 1.83. The molecule has 1 amide bonds. The molecule has 1 heterocycles. The molecule has 20 heavy (non-hydrogen) atoms. The molecule has 0 saturated heterocycles. The van der Waals surface area contributed by atoms with Gasteiger partial charge in [-0.25, -0.2) is 0 Å². The molecule has 0 saturated carbocycles. The lowest BCUT2D eigenvalue weighted by atomic mass is 10.1. The van der Waals surface area contributed by atoms with Gasteiger partial charge in [0.2, 0.25) is 0 Å². The minimum Gasteiger partial charge on any atom is -0.508 e. The number of benzene rings is 1. The molecule has 2 rings (SSSR count). The van der Waals surface area contributed by atoms with Crippen LogP contribution in [0.15, 0.2) is 48.7 Å². The number of hydrogen-bond acceptors (Lipinski definition) is 4. The smallest absolute Gasteiger partial charge is 0.270 e. The van der Waals surface area contributed by atoms with Gasteiger partial charge in [0.05, 0.1) is 12.6 Å². The average Bonchev–Trinajstić information content (AvgIpc) is 2.49. The predicted molar refractivity (Wildman–Crippen MR) is 74.4 cm³/mol. The van der Waals surface area contributed by atoms with Crippen LogP contribution in [0.1, 0.15) is 16.1 Å². The fourth-order valence-corrected chi connectivity index (χ4v) is 1.83. The highest BCUT2D eigenvalue weighted by molar-refractivity contribution is 5.92. The molecule has 0 aliphatic carbocycles. The van der Waals surface area contributed by atoms with Crippen LogP contribution in [0.3, 0.4) is 0 Å². The molecule has 0 unspecified atom stereocenters. The minimum absolute atomic E-state index is 0.167. The van der Waals surface area contributed by atoms with Gasteiger partial charge in [0.15, 0.2) is 0 Å². The Morgan fingerprint density at radius 1 is 1.20 bits per heavy atom. The molecular weight excluding hydrogens is 256 g/mol. The lowest BCUT2D eigenvalue weighted by Crippen LogP contribution is -2.39. The van der Waals surface area contributed by atoms with Crippen LogP contribution >= 0.6 is 0 Å². The second-order valence-corrected chi connectivity index (χ2v) is 4.44. The van der Waals surface area contributed by atoms with Crippen LogP contribution in [0, 0.1) is 0 Å². The first kappa shape index (κ1) is 14.0. The summed E-state index contributed by atoms with van der Waals surface area (Å²) in [4.78, 5) is 15.9. The van der Waals surface area contributed by atoms with Crippen LogP contribution in [0.2, 0.25) is 0 Å². The summed E-state index contributed by atoms with van der Waals surface area (Å²) in [5, 5.41) is 21.3. The molecule has 0 aliphatic rings. The maximum Gasteiger partial charge on any atom is 0.270 e.